The predicted molar refractivity (Wildman–Crippen MR) is 104 cm³/mol. The van der Waals surface area contributed by atoms with Gasteiger partial charge < -0.3 is 15.4 Å². The second-order valence-corrected chi connectivity index (χ2v) is 9.03. The second kappa shape index (κ2) is 6.57. The zero-order valence-corrected chi connectivity index (χ0v) is 16.4. The predicted octanol–water partition coefficient (Wildman–Crippen LogP) is 2.42. The Labute approximate surface area is 169 Å². The molecule has 0 spiro atoms. The maximum Gasteiger partial charge on any atom is 0.414 e. The number of ether oxygens (including phenoxy) is 1. The number of nitrogens with zero attached hydrogens (tertiary/aromatic N) is 3. The van der Waals surface area contributed by atoms with Crippen molar-refractivity contribution in [3.8, 4) is 5.88 Å². The van der Waals surface area contributed by atoms with Crippen LogP contribution in [-0.4, -0.2) is 37.8 Å². The van der Waals surface area contributed by atoms with Crippen LogP contribution in [0.5, 0.6) is 5.88 Å². The standard InChI is InChI=1S/C21H25N5O3/c1-26-7-5-16(25-26)18(27)23-20-9-14-8-15(10-20)12-21(11-14,13-20)24-19(28)29-17-4-2-3-6-22-17/h2-7,14-15H,8-13H2,1H3,(H,23,27)(H,24,28). The molecule has 152 valence electrons. The third-order valence-corrected chi connectivity index (χ3v) is 6.59. The van der Waals surface area contributed by atoms with Crippen LogP contribution in [0.15, 0.2) is 36.7 Å². The summed E-state index contributed by atoms with van der Waals surface area (Å²) >= 11 is 0. The minimum Gasteiger partial charge on any atom is -0.391 e. The molecule has 2 amide bonds. The quantitative estimate of drug-likeness (QED) is 0.829. The third-order valence-electron chi connectivity index (χ3n) is 6.59. The van der Waals surface area contributed by atoms with Gasteiger partial charge in [-0.15, -0.1) is 0 Å². The number of rotatable bonds is 4. The summed E-state index contributed by atoms with van der Waals surface area (Å²) in [5.74, 6) is 1.14. The molecule has 8 nitrogen and oxygen atoms in total. The van der Waals surface area contributed by atoms with E-state index in [1.54, 1.807) is 48.4 Å². The summed E-state index contributed by atoms with van der Waals surface area (Å²) in [6, 6.07) is 6.95. The first-order valence-corrected chi connectivity index (χ1v) is 10.2. The van der Waals surface area contributed by atoms with Crippen molar-refractivity contribution >= 4 is 12.0 Å². The van der Waals surface area contributed by atoms with Gasteiger partial charge in [-0.1, -0.05) is 6.07 Å². The third kappa shape index (κ3) is 3.47. The van der Waals surface area contributed by atoms with Crippen LogP contribution in [0.2, 0.25) is 0 Å². The lowest BCUT2D eigenvalue weighted by Gasteiger charge is -2.61. The molecule has 4 saturated carbocycles. The van der Waals surface area contributed by atoms with Crippen LogP contribution in [0.25, 0.3) is 0 Å². The largest absolute Gasteiger partial charge is 0.414 e. The van der Waals surface area contributed by atoms with E-state index >= 15 is 0 Å². The lowest BCUT2D eigenvalue weighted by atomic mass is 9.50. The van der Waals surface area contributed by atoms with E-state index in [1.165, 1.54) is 6.42 Å². The molecule has 8 heteroatoms. The molecule has 4 fully saturated rings. The second-order valence-electron chi connectivity index (χ2n) is 9.03. The maximum absolute atomic E-state index is 12.8. The number of hydrogen-bond donors (Lipinski definition) is 2. The molecule has 4 aliphatic carbocycles. The Morgan fingerprint density at radius 3 is 2.45 bits per heavy atom. The van der Waals surface area contributed by atoms with Gasteiger partial charge in [0.1, 0.15) is 5.69 Å². The number of carbonyl (C=O) groups is 2. The zero-order valence-electron chi connectivity index (χ0n) is 16.4. The number of nitrogens with one attached hydrogen (secondary N) is 2. The van der Waals surface area contributed by atoms with Crippen molar-refractivity contribution in [3.05, 3.63) is 42.4 Å². The molecule has 2 aromatic heterocycles. The van der Waals surface area contributed by atoms with Crippen molar-refractivity contribution in [1.82, 2.24) is 25.4 Å². The van der Waals surface area contributed by atoms with Gasteiger partial charge in [0.25, 0.3) is 5.91 Å². The lowest BCUT2D eigenvalue weighted by Crippen LogP contribution is -2.70. The summed E-state index contributed by atoms with van der Waals surface area (Å²) < 4.78 is 7.01. The van der Waals surface area contributed by atoms with Gasteiger partial charge in [0, 0.05) is 36.6 Å². The summed E-state index contributed by atoms with van der Waals surface area (Å²) in [6.07, 6.45) is 8.56. The number of pyridine rings is 1. The smallest absolute Gasteiger partial charge is 0.391 e. The van der Waals surface area contributed by atoms with E-state index in [-0.39, 0.29) is 22.9 Å². The van der Waals surface area contributed by atoms with Gasteiger partial charge in [-0.05, 0) is 62.5 Å². The van der Waals surface area contributed by atoms with E-state index in [0.717, 1.165) is 32.1 Å². The van der Waals surface area contributed by atoms with Gasteiger partial charge >= 0.3 is 6.09 Å². The molecule has 2 heterocycles. The lowest BCUT2D eigenvalue weighted by molar-refractivity contribution is -0.0450. The fraction of sp³-hybridized carbons (Fsp3) is 0.524. The molecule has 4 bridgehead atoms. The molecular weight excluding hydrogens is 370 g/mol. The molecule has 0 aliphatic heterocycles. The van der Waals surface area contributed by atoms with Crippen LogP contribution in [-0.2, 0) is 7.05 Å². The summed E-state index contributed by atoms with van der Waals surface area (Å²) in [7, 11) is 1.80. The topological polar surface area (TPSA) is 98.1 Å². The average molecular weight is 395 g/mol. The molecule has 2 atom stereocenters. The van der Waals surface area contributed by atoms with Gasteiger partial charge in [0.15, 0.2) is 0 Å². The number of hydrogen-bond acceptors (Lipinski definition) is 5. The molecule has 0 aromatic carbocycles. The molecule has 2 aromatic rings. The summed E-state index contributed by atoms with van der Waals surface area (Å²) in [6.45, 7) is 0. The Kier molecular flexibility index (Phi) is 4.11. The number of carbonyl (C=O) groups excluding carboxylic acids is 2. The van der Waals surface area contributed by atoms with Crippen LogP contribution in [0.3, 0.4) is 0 Å². The van der Waals surface area contributed by atoms with Gasteiger partial charge in [-0.3, -0.25) is 9.48 Å². The van der Waals surface area contributed by atoms with Crippen LogP contribution in [0.1, 0.15) is 49.0 Å². The minimum atomic E-state index is -0.475. The van der Waals surface area contributed by atoms with E-state index in [9.17, 15) is 9.59 Å². The van der Waals surface area contributed by atoms with E-state index < -0.39 is 6.09 Å². The molecule has 2 unspecified atom stereocenters. The highest BCUT2D eigenvalue weighted by Gasteiger charge is 2.59. The highest BCUT2D eigenvalue weighted by Crippen LogP contribution is 2.57. The fourth-order valence-corrected chi connectivity index (χ4v) is 6.14. The Balaban J connectivity index is 1.32. The van der Waals surface area contributed by atoms with Gasteiger partial charge in [0.2, 0.25) is 5.88 Å². The Hall–Kier alpha value is -2.90. The van der Waals surface area contributed by atoms with Crippen LogP contribution >= 0.6 is 0 Å². The van der Waals surface area contributed by atoms with Crippen molar-refractivity contribution in [3.63, 3.8) is 0 Å². The molecule has 6 rings (SSSR count). The fourth-order valence-electron chi connectivity index (χ4n) is 6.14. The van der Waals surface area contributed by atoms with Crippen molar-refractivity contribution in [2.24, 2.45) is 18.9 Å². The van der Waals surface area contributed by atoms with Crippen molar-refractivity contribution in [1.29, 1.82) is 0 Å². The maximum atomic E-state index is 12.8. The monoisotopic (exact) mass is 395 g/mol. The first kappa shape index (κ1) is 18.1. The SMILES string of the molecule is Cn1ccc(C(=O)NC23CC4CC(CC(NC(=O)Oc5ccccn5)(C4)C2)C3)n1. The van der Waals surface area contributed by atoms with Crippen LogP contribution in [0.4, 0.5) is 4.79 Å². The Bertz CT molecular complexity index is 927. The Morgan fingerprint density at radius 1 is 1.10 bits per heavy atom. The average Bonchev–Trinajstić information content (AvgIpc) is 3.07. The highest BCUT2D eigenvalue weighted by molar-refractivity contribution is 5.92. The number of amides is 2. The van der Waals surface area contributed by atoms with Crippen molar-refractivity contribution < 1.29 is 14.3 Å². The van der Waals surface area contributed by atoms with Gasteiger partial charge in [-0.25, -0.2) is 9.78 Å². The summed E-state index contributed by atoms with van der Waals surface area (Å²) in [5, 5.41) is 10.7. The highest BCUT2D eigenvalue weighted by atomic mass is 16.6. The number of aryl methyl sites for hydroxylation is 1. The first-order chi connectivity index (χ1) is 13.9. The van der Waals surface area contributed by atoms with Crippen LogP contribution in [0, 0.1) is 11.8 Å². The van der Waals surface area contributed by atoms with E-state index in [4.69, 9.17) is 4.74 Å². The van der Waals surface area contributed by atoms with E-state index in [1.807, 2.05) is 0 Å². The molecule has 29 heavy (non-hydrogen) atoms. The van der Waals surface area contributed by atoms with Gasteiger partial charge in [0.05, 0.1) is 0 Å². The van der Waals surface area contributed by atoms with E-state index in [0.29, 0.717) is 17.5 Å². The molecule has 0 radical (unpaired) electrons. The van der Waals surface area contributed by atoms with Crippen molar-refractivity contribution in [2.75, 3.05) is 0 Å². The molecular formula is C21H25N5O3. The van der Waals surface area contributed by atoms with Crippen LogP contribution < -0.4 is 15.4 Å². The zero-order chi connectivity index (χ0) is 20.1. The van der Waals surface area contributed by atoms with E-state index in [2.05, 4.69) is 20.7 Å². The molecule has 2 N–H and O–H groups in total. The van der Waals surface area contributed by atoms with Crippen molar-refractivity contribution in [2.45, 2.75) is 49.6 Å². The number of aromatic nitrogens is 3. The summed E-state index contributed by atoms with van der Waals surface area (Å²) in [4.78, 5) is 29.4. The summed E-state index contributed by atoms with van der Waals surface area (Å²) in [5.41, 5.74) is -0.204. The molecule has 4 aliphatic rings. The minimum absolute atomic E-state index is 0.140. The normalized spacial score (nSPS) is 32.0. The first-order valence-electron chi connectivity index (χ1n) is 10.2. The van der Waals surface area contributed by atoms with Gasteiger partial charge in [-0.2, -0.15) is 5.10 Å². The molecule has 0 saturated heterocycles. The Morgan fingerprint density at radius 2 is 1.83 bits per heavy atom.